The Labute approximate surface area is 84.1 Å². The van der Waals surface area contributed by atoms with E-state index in [-0.39, 0.29) is 5.91 Å². The summed E-state index contributed by atoms with van der Waals surface area (Å²) < 4.78 is 0. The Bertz CT molecular complexity index is 218. The van der Waals surface area contributed by atoms with E-state index in [4.69, 9.17) is 5.11 Å². The van der Waals surface area contributed by atoms with Crippen LogP contribution in [0, 0.1) is 0 Å². The Morgan fingerprint density at radius 1 is 1.36 bits per heavy atom. The standard InChI is InChI=1S/C9H18N2O3/c1-5-11(4)8(12)6(2)10-7(3)9(13)14/h6-7,10H,5H2,1-4H3,(H,13,14). The van der Waals surface area contributed by atoms with E-state index in [1.807, 2.05) is 6.92 Å². The molecule has 0 heterocycles. The number of carbonyl (C=O) groups is 2. The van der Waals surface area contributed by atoms with Gasteiger partial charge in [-0.2, -0.15) is 0 Å². The first-order valence-corrected chi connectivity index (χ1v) is 4.64. The normalized spacial score (nSPS) is 14.6. The molecule has 82 valence electrons. The van der Waals surface area contributed by atoms with Gasteiger partial charge in [-0.05, 0) is 20.8 Å². The largest absolute Gasteiger partial charge is 0.480 e. The van der Waals surface area contributed by atoms with Crippen molar-refractivity contribution in [2.24, 2.45) is 0 Å². The second kappa shape index (κ2) is 5.59. The van der Waals surface area contributed by atoms with Crippen molar-refractivity contribution in [1.82, 2.24) is 10.2 Å². The van der Waals surface area contributed by atoms with Crippen LogP contribution in [0.5, 0.6) is 0 Å². The number of hydrogen-bond donors (Lipinski definition) is 2. The molecule has 0 spiro atoms. The van der Waals surface area contributed by atoms with Crippen LogP contribution in [0.15, 0.2) is 0 Å². The lowest BCUT2D eigenvalue weighted by Gasteiger charge is -2.22. The van der Waals surface area contributed by atoms with Crippen LogP contribution in [0.1, 0.15) is 20.8 Å². The van der Waals surface area contributed by atoms with Gasteiger partial charge in [-0.1, -0.05) is 0 Å². The number of amides is 1. The van der Waals surface area contributed by atoms with E-state index < -0.39 is 18.1 Å². The number of nitrogens with zero attached hydrogens (tertiary/aromatic N) is 1. The molecule has 14 heavy (non-hydrogen) atoms. The number of carboxylic acids is 1. The van der Waals surface area contributed by atoms with Crippen LogP contribution in [0.4, 0.5) is 0 Å². The molecule has 0 radical (unpaired) electrons. The molecule has 0 aliphatic heterocycles. The van der Waals surface area contributed by atoms with Crippen LogP contribution < -0.4 is 5.32 Å². The van der Waals surface area contributed by atoms with Crippen molar-refractivity contribution in [3.8, 4) is 0 Å². The van der Waals surface area contributed by atoms with Gasteiger partial charge in [0.05, 0.1) is 6.04 Å². The minimum Gasteiger partial charge on any atom is -0.480 e. The molecule has 0 aromatic rings. The fourth-order valence-corrected chi connectivity index (χ4v) is 1.00. The molecule has 0 aromatic heterocycles. The minimum atomic E-state index is -0.955. The Balaban J connectivity index is 4.14. The number of rotatable bonds is 5. The second-order valence-electron chi connectivity index (χ2n) is 3.30. The van der Waals surface area contributed by atoms with E-state index >= 15 is 0 Å². The fourth-order valence-electron chi connectivity index (χ4n) is 1.00. The van der Waals surface area contributed by atoms with Crippen molar-refractivity contribution < 1.29 is 14.7 Å². The maximum atomic E-state index is 11.5. The average Bonchev–Trinajstić information content (AvgIpc) is 2.14. The summed E-state index contributed by atoms with van der Waals surface area (Å²) in [5.41, 5.74) is 0. The minimum absolute atomic E-state index is 0.0967. The fraction of sp³-hybridized carbons (Fsp3) is 0.778. The lowest BCUT2D eigenvalue weighted by Crippen LogP contribution is -2.48. The highest BCUT2D eigenvalue weighted by atomic mass is 16.4. The Kier molecular flexibility index (Phi) is 5.15. The SMILES string of the molecule is CCN(C)C(=O)C(C)NC(C)C(=O)O. The molecule has 0 bridgehead atoms. The van der Waals surface area contributed by atoms with Gasteiger partial charge in [-0.25, -0.2) is 0 Å². The van der Waals surface area contributed by atoms with Gasteiger partial charge in [0.15, 0.2) is 0 Å². The monoisotopic (exact) mass is 202 g/mol. The molecule has 2 N–H and O–H groups in total. The molecule has 5 nitrogen and oxygen atoms in total. The average molecular weight is 202 g/mol. The number of nitrogens with one attached hydrogen (secondary N) is 1. The summed E-state index contributed by atoms with van der Waals surface area (Å²) in [6.45, 7) is 5.66. The van der Waals surface area contributed by atoms with Crippen molar-refractivity contribution in [3.05, 3.63) is 0 Å². The highest BCUT2D eigenvalue weighted by Gasteiger charge is 2.20. The van der Waals surface area contributed by atoms with E-state index in [0.717, 1.165) is 0 Å². The van der Waals surface area contributed by atoms with Crippen LogP contribution >= 0.6 is 0 Å². The third-order valence-electron chi connectivity index (χ3n) is 2.09. The quantitative estimate of drug-likeness (QED) is 0.654. The number of aliphatic carboxylic acids is 1. The van der Waals surface area contributed by atoms with Gasteiger partial charge in [0.25, 0.3) is 0 Å². The number of likely N-dealkylation sites (N-methyl/N-ethyl adjacent to an activating group) is 1. The highest BCUT2D eigenvalue weighted by molar-refractivity contribution is 5.82. The van der Waals surface area contributed by atoms with Crippen molar-refractivity contribution in [1.29, 1.82) is 0 Å². The van der Waals surface area contributed by atoms with Crippen LogP contribution in [-0.4, -0.2) is 47.6 Å². The van der Waals surface area contributed by atoms with E-state index in [1.165, 1.54) is 6.92 Å². The Morgan fingerprint density at radius 2 is 1.86 bits per heavy atom. The molecule has 0 saturated carbocycles. The smallest absolute Gasteiger partial charge is 0.320 e. The van der Waals surface area contributed by atoms with E-state index in [2.05, 4.69) is 5.32 Å². The van der Waals surface area contributed by atoms with Gasteiger partial charge in [0.2, 0.25) is 5.91 Å². The molecule has 2 unspecified atom stereocenters. The van der Waals surface area contributed by atoms with Crippen molar-refractivity contribution in [2.45, 2.75) is 32.9 Å². The first-order chi connectivity index (χ1) is 6.40. The second-order valence-corrected chi connectivity index (χ2v) is 3.30. The summed E-state index contributed by atoms with van der Waals surface area (Å²) in [4.78, 5) is 23.6. The van der Waals surface area contributed by atoms with Crippen LogP contribution in [0.3, 0.4) is 0 Å². The summed E-state index contributed by atoms with van der Waals surface area (Å²) in [7, 11) is 1.69. The summed E-state index contributed by atoms with van der Waals surface area (Å²) in [5.74, 6) is -1.05. The van der Waals surface area contributed by atoms with Gasteiger partial charge < -0.3 is 10.0 Å². The third-order valence-corrected chi connectivity index (χ3v) is 2.09. The van der Waals surface area contributed by atoms with Gasteiger partial charge in [-0.3, -0.25) is 14.9 Å². The lowest BCUT2D eigenvalue weighted by molar-refractivity contribution is -0.139. The summed E-state index contributed by atoms with van der Waals surface area (Å²) >= 11 is 0. The molecule has 0 fully saturated rings. The predicted octanol–water partition coefficient (Wildman–Crippen LogP) is -0.0841. The summed E-state index contributed by atoms with van der Waals surface area (Å²) in [6, 6.07) is -1.18. The predicted molar refractivity (Wildman–Crippen MR) is 53.0 cm³/mol. The van der Waals surface area contributed by atoms with Crippen molar-refractivity contribution >= 4 is 11.9 Å². The lowest BCUT2D eigenvalue weighted by atomic mass is 10.2. The van der Waals surface area contributed by atoms with Crippen LogP contribution in [-0.2, 0) is 9.59 Å². The van der Waals surface area contributed by atoms with Crippen molar-refractivity contribution in [2.75, 3.05) is 13.6 Å². The van der Waals surface area contributed by atoms with Crippen molar-refractivity contribution in [3.63, 3.8) is 0 Å². The molecule has 0 saturated heterocycles. The molecule has 0 aliphatic rings. The molecule has 0 rings (SSSR count). The molecule has 2 atom stereocenters. The zero-order chi connectivity index (χ0) is 11.3. The Hall–Kier alpha value is -1.10. The zero-order valence-electron chi connectivity index (χ0n) is 9.07. The van der Waals surface area contributed by atoms with Gasteiger partial charge in [0.1, 0.15) is 6.04 Å². The van der Waals surface area contributed by atoms with Crippen LogP contribution in [0.2, 0.25) is 0 Å². The van der Waals surface area contributed by atoms with Gasteiger partial charge >= 0.3 is 5.97 Å². The van der Waals surface area contributed by atoms with Gasteiger partial charge in [0, 0.05) is 13.6 Å². The first kappa shape index (κ1) is 12.9. The van der Waals surface area contributed by atoms with E-state index in [9.17, 15) is 9.59 Å². The molecule has 1 amide bonds. The molecule has 0 aromatic carbocycles. The topological polar surface area (TPSA) is 69.6 Å². The number of carbonyl (C=O) groups excluding carboxylic acids is 1. The van der Waals surface area contributed by atoms with E-state index in [1.54, 1.807) is 18.9 Å². The number of hydrogen-bond acceptors (Lipinski definition) is 3. The van der Waals surface area contributed by atoms with E-state index in [0.29, 0.717) is 6.54 Å². The Morgan fingerprint density at radius 3 is 2.21 bits per heavy atom. The highest BCUT2D eigenvalue weighted by Crippen LogP contribution is 1.93. The molecule has 0 aliphatic carbocycles. The van der Waals surface area contributed by atoms with Crippen LogP contribution in [0.25, 0.3) is 0 Å². The number of carboxylic acid groups (broad SMARTS) is 1. The molecular weight excluding hydrogens is 184 g/mol. The summed E-state index contributed by atoms with van der Waals surface area (Å²) in [6.07, 6.45) is 0. The maximum absolute atomic E-state index is 11.5. The molecule has 5 heteroatoms. The summed E-state index contributed by atoms with van der Waals surface area (Å²) in [5, 5.41) is 11.3. The maximum Gasteiger partial charge on any atom is 0.320 e. The zero-order valence-corrected chi connectivity index (χ0v) is 9.07. The third kappa shape index (κ3) is 3.74. The molecular formula is C9H18N2O3. The van der Waals surface area contributed by atoms with Gasteiger partial charge in [-0.15, -0.1) is 0 Å². The first-order valence-electron chi connectivity index (χ1n) is 4.64.